The Morgan fingerprint density at radius 1 is 0.522 bits per heavy atom. The maximum absolute atomic E-state index is 12.9. The number of phosphoric ester groups is 1. The normalized spacial score (nSPS) is 14.1. The molecule has 3 atom stereocenters. The van der Waals surface area contributed by atoms with E-state index in [2.05, 4.69) is 30.5 Å². The van der Waals surface area contributed by atoms with Crippen LogP contribution >= 0.6 is 7.82 Å². The summed E-state index contributed by atoms with van der Waals surface area (Å²) in [6.45, 7) is 4.41. The van der Waals surface area contributed by atoms with Gasteiger partial charge in [0.15, 0.2) is 0 Å². The molecular weight excluding hydrogens is 876 g/mol. The van der Waals surface area contributed by atoms with Crippen LogP contribution in [0.3, 0.4) is 0 Å². The van der Waals surface area contributed by atoms with Gasteiger partial charge in [0.2, 0.25) is 5.91 Å². The van der Waals surface area contributed by atoms with Crippen LogP contribution in [0.25, 0.3) is 0 Å². The molecule has 0 radical (unpaired) electrons. The van der Waals surface area contributed by atoms with Gasteiger partial charge in [0.05, 0.1) is 39.9 Å². The number of likely N-dealkylation sites (N-methyl/N-ethyl adjacent to an activating group) is 1. The summed E-state index contributed by atoms with van der Waals surface area (Å²) in [6.07, 6.45) is 67.4. The van der Waals surface area contributed by atoms with Crippen molar-refractivity contribution >= 4 is 13.7 Å². The van der Waals surface area contributed by atoms with E-state index in [0.717, 1.165) is 44.9 Å². The van der Waals surface area contributed by atoms with E-state index in [9.17, 15) is 19.4 Å². The molecular formula is C60H117N2O6P. The highest BCUT2D eigenvalue weighted by Crippen LogP contribution is 2.38. The molecule has 2 N–H and O–H groups in total. The van der Waals surface area contributed by atoms with Crippen LogP contribution in [0.15, 0.2) is 36.5 Å². The zero-order valence-corrected chi connectivity index (χ0v) is 47.4. The number of aliphatic hydroxyl groups excluding tert-OH is 1. The fraction of sp³-hybridized carbons (Fsp3) is 0.883. The van der Waals surface area contributed by atoms with Crippen LogP contribution in [-0.2, 0) is 18.4 Å². The minimum Gasteiger partial charge on any atom is -0.756 e. The lowest BCUT2D eigenvalue weighted by Gasteiger charge is -2.29. The summed E-state index contributed by atoms with van der Waals surface area (Å²) < 4.78 is 23.2. The second kappa shape index (κ2) is 51.6. The number of hydrogen-bond donors (Lipinski definition) is 2. The molecule has 0 aromatic carbocycles. The van der Waals surface area contributed by atoms with Crippen LogP contribution in [0.1, 0.15) is 290 Å². The standard InChI is InChI=1S/C60H117N2O6P/c1-6-8-10-12-14-16-17-18-19-20-21-22-23-24-25-26-27-28-29-30-31-32-33-34-35-36-37-38-39-40-41-42-43-44-46-48-50-52-54-60(64)61-58(57-68-69(65,66)67-56-55-62(3,4)5)59(63)53-51-49-47-45-15-13-11-9-7-2/h7,9,15,45,51,53,58-59,63H,6,8,10-14,16-44,46-50,52,54-57H2,1-5H3,(H-,61,64,65,66)/b9-7+,45-15+,53-51+. The minimum atomic E-state index is -4.60. The largest absolute Gasteiger partial charge is 0.756 e. The predicted molar refractivity (Wildman–Crippen MR) is 298 cm³/mol. The summed E-state index contributed by atoms with van der Waals surface area (Å²) in [5.74, 6) is -0.210. The first kappa shape index (κ1) is 67.7. The summed E-state index contributed by atoms with van der Waals surface area (Å²) in [5.41, 5.74) is 0. The van der Waals surface area contributed by atoms with E-state index in [1.807, 2.05) is 40.2 Å². The van der Waals surface area contributed by atoms with Crippen molar-refractivity contribution in [1.29, 1.82) is 0 Å². The summed E-state index contributed by atoms with van der Waals surface area (Å²) in [7, 11) is 1.24. The molecule has 0 bridgehead atoms. The highest BCUT2D eigenvalue weighted by atomic mass is 31.2. The highest BCUT2D eigenvalue weighted by molar-refractivity contribution is 7.45. The lowest BCUT2D eigenvalue weighted by atomic mass is 10.0. The third-order valence-corrected chi connectivity index (χ3v) is 14.6. The Balaban J connectivity index is 3.78. The van der Waals surface area contributed by atoms with Crippen molar-refractivity contribution in [2.45, 2.75) is 302 Å². The third kappa shape index (κ3) is 54.3. The number of nitrogens with one attached hydrogen (secondary N) is 1. The molecule has 0 aliphatic carbocycles. The Kier molecular flexibility index (Phi) is 50.7. The molecule has 0 spiro atoms. The molecule has 69 heavy (non-hydrogen) atoms. The molecule has 0 saturated carbocycles. The highest BCUT2D eigenvalue weighted by Gasteiger charge is 2.23. The zero-order chi connectivity index (χ0) is 50.6. The number of rotatable bonds is 55. The topological polar surface area (TPSA) is 108 Å². The first-order chi connectivity index (χ1) is 33.5. The van der Waals surface area contributed by atoms with Gasteiger partial charge in [-0.2, -0.15) is 0 Å². The molecule has 0 fully saturated rings. The Morgan fingerprint density at radius 2 is 0.841 bits per heavy atom. The molecule has 1 amide bonds. The van der Waals surface area contributed by atoms with E-state index < -0.39 is 26.6 Å². The lowest BCUT2D eigenvalue weighted by molar-refractivity contribution is -0.870. The number of aliphatic hydroxyl groups is 1. The number of quaternary nitrogens is 1. The Labute approximate surface area is 429 Å². The van der Waals surface area contributed by atoms with Gasteiger partial charge in [-0.25, -0.2) is 0 Å². The van der Waals surface area contributed by atoms with E-state index in [1.165, 1.54) is 225 Å². The third-order valence-electron chi connectivity index (χ3n) is 13.7. The van der Waals surface area contributed by atoms with Crippen LogP contribution in [0, 0.1) is 0 Å². The first-order valence-electron chi connectivity index (χ1n) is 29.8. The molecule has 0 aromatic heterocycles. The number of nitrogens with zero attached hydrogens (tertiary/aromatic N) is 1. The van der Waals surface area contributed by atoms with Crippen LogP contribution in [-0.4, -0.2) is 68.5 Å². The van der Waals surface area contributed by atoms with E-state index >= 15 is 0 Å². The van der Waals surface area contributed by atoms with Gasteiger partial charge in [0, 0.05) is 6.42 Å². The minimum absolute atomic E-state index is 0.00814. The fourth-order valence-electron chi connectivity index (χ4n) is 9.02. The second-order valence-electron chi connectivity index (χ2n) is 21.7. The summed E-state index contributed by atoms with van der Waals surface area (Å²) in [6, 6.07) is -0.905. The monoisotopic (exact) mass is 993 g/mol. The van der Waals surface area contributed by atoms with Crippen LogP contribution in [0.2, 0.25) is 0 Å². The van der Waals surface area contributed by atoms with Gasteiger partial charge in [0.1, 0.15) is 13.2 Å². The molecule has 3 unspecified atom stereocenters. The molecule has 9 heteroatoms. The van der Waals surface area contributed by atoms with Crippen molar-refractivity contribution in [3.63, 3.8) is 0 Å². The Bertz CT molecular complexity index is 1220. The number of carbonyl (C=O) groups excluding carboxylic acids is 1. The van der Waals surface area contributed by atoms with E-state index in [4.69, 9.17) is 9.05 Å². The van der Waals surface area contributed by atoms with Crippen molar-refractivity contribution in [3.05, 3.63) is 36.5 Å². The SMILES string of the molecule is C/C=C/CC/C=C/CC/C=C/C(O)C(COP(=O)([O-])OCC[N+](C)(C)C)NC(=O)CCCCCCCCCCCCCCCCCCCCCCCCCCCCCCCCCCCCCCCC. The number of carbonyl (C=O) groups is 1. The quantitative estimate of drug-likeness (QED) is 0.0272. The number of allylic oxidation sites excluding steroid dienone is 5. The first-order valence-corrected chi connectivity index (χ1v) is 31.3. The zero-order valence-electron chi connectivity index (χ0n) is 46.5. The number of hydrogen-bond acceptors (Lipinski definition) is 6. The van der Waals surface area contributed by atoms with Gasteiger partial charge in [-0.1, -0.05) is 281 Å². The van der Waals surface area contributed by atoms with Crippen molar-refractivity contribution in [1.82, 2.24) is 5.32 Å². The van der Waals surface area contributed by atoms with Crippen molar-refractivity contribution < 1.29 is 32.9 Å². The maximum Gasteiger partial charge on any atom is 0.268 e. The molecule has 0 aliphatic heterocycles. The van der Waals surface area contributed by atoms with Gasteiger partial charge in [-0.05, 0) is 39.0 Å². The predicted octanol–water partition coefficient (Wildman–Crippen LogP) is 17.5. The van der Waals surface area contributed by atoms with E-state index in [0.29, 0.717) is 17.4 Å². The van der Waals surface area contributed by atoms with E-state index in [1.54, 1.807) is 6.08 Å². The van der Waals surface area contributed by atoms with Gasteiger partial charge in [-0.3, -0.25) is 9.36 Å². The van der Waals surface area contributed by atoms with Crippen LogP contribution in [0.4, 0.5) is 0 Å². The van der Waals surface area contributed by atoms with Gasteiger partial charge >= 0.3 is 0 Å². The van der Waals surface area contributed by atoms with Crippen molar-refractivity contribution in [2.24, 2.45) is 0 Å². The number of amides is 1. The van der Waals surface area contributed by atoms with Gasteiger partial charge < -0.3 is 28.8 Å². The van der Waals surface area contributed by atoms with Crippen molar-refractivity contribution in [2.75, 3.05) is 40.9 Å². The average Bonchev–Trinajstić information content (AvgIpc) is 3.31. The Hall–Kier alpha value is -1.28. The number of unbranched alkanes of at least 4 members (excludes halogenated alkanes) is 39. The van der Waals surface area contributed by atoms with Gasteiger partial charge in [-0.15, -0.1) is 0 Å². The van der Waals surface area contributed by atoms with Crippen molar-refractivity contribution in [3.8, 4) is 0 Å². The second-order valence-corrected chi connectivity index (χ2v) is 23.1. The molecule has 0 heterocycles. The smallest absolute Gasteiger partial charge is 0.268 e. The average molecular weight is 994 g/mol. The molecule has 0 rings (SSSR count). The summed E-state index contributed by atoms with van der Waals surface area (Å²) >= 11 is 0. The maximum atomic E-state index is 12.9. The number of phosphoric acid groups is 1. The summed E-state index contributed by atoms with van der Waals surface area (Å²) in [4.78, 5) is 25.3. The fourth-order valence-corrected chi connectivity index (χ4v) is 9.74. The molecule has 0 aliphatic rings. The molecule has 0 saturated heterocycles. The molecule has 8 nitrogen and oxygen atoms in total. The van der Waals surface area contributed by atoms with Gasteiger partial charge in [0.25, 0.3) is 7.82 Å². The Morgan fingerprint density at radius 3 is 1.17 bits per heavy atom. The van der Waals surface area contributed by atoms with Crippen LogP contribution < -0.4 is 10.2 Å². The lowest BCUT2D eigenvalue weighted by Crippen LogP contribution is -2.45. The summed E-state index contributed by atoms with van der Waals surface area (Å²) in [5, 5.41) is 13.7. The molecule has 408 valence electrons. The van der Waals surface area contributed by atoms with Crippen LogP contribution in [0.5, 0.6) is 0 Å². The molecule has 0 aromatic rings. The van der Waals surface area contributed by atoms with E-state index in [-0.39, 0.29) is 12.5 Å².